The Bertz CT molecular complexity index is 853. The maximum absolute atomic E-state index is 6.57. The molecule has 0 saturated carbocycles. The molecule has 0 bridgehead atoms. The van der Waals surface area contributed by atoms with Crippen LogP contribution >= 0.6 is 0 Å². The van der Waals surface area contributed by atoms with Crippen LogP contribution in [0.15, 0.2) is 121 Å². The highest BCUT2D eigenvalue weighted by Gasteiger charge is 2.36. The Labute approximate surface area is 179 Å². The van der Waals surface area contributed by atoms with E-state index in [1.54, 1.807) is 0 Å². The summed E-state index contributed by atoms with van der Waals surface area (Å²) in [6.07, 6.45) is -0.499. The van der Waals surface area contributed by atoms with E-state index >= 15 is 0 Å². The van der Waals surface area contributed by atoms with E-state index in [1.165, 1.54) is 22.3 Å². The Morgan fingerprint density at radius 2 is 0.600 bits per heavy atom. The van der Waals surface area contributed by atoms with Gasteiger partial charge in [-0.1, -0.05) is 121 Å². The lowest BCUT2D eigenvalue weighted by Crippen LogP contribution is -2.45. The van der Waals surface area contributed by atoms with Gasteiger partial charge in [0.2, 0.25) is 0 Å². The summed E-state index contributed by atoms with van der Waals surface area (Å²) in [5, 5.41) is 0. The molecular weight excluding hydrogens is 364 g/mol. The molecule has 0 aliphatic rings. The predicted molar refractivity (Wildman–Crippen MR) is 125 cm³/mol. The Balaban J connectivity index is 1.92. The zero-order valence-electron chi connectivity index (χ0n) is 17.0. The van der Waals surface area contributed by atoms with Crippen LogP contribution in [0, 0.1) is 5.92 Å². The Hall–Kier alpha value is -3.20. The van der Waals surface area contributed by atoms with Crippen LogP contribution in [0.4, 0.5) is 0 Å². The van der Waals surface area contributed by atoms with Gasteiger partial charge in [-0.25, -0.2) is 0 Å². The van der Waals surface area contributed by atoms with Gasteiger partial charge >= 0.3 is 0 Å². The second-order valence-electron chi connectivity index (χ2n) is 7.75. The number of benzene rings is 4. The van der Waals surface area contributed by atoms with Crippen molar-refractivity contribution < 1.29 is 0 Å². The van der Waals surface area contributed by atoms with E-state index in [0.29, 0.717) is 0 Å². The first-order valence-electron chi connectivity index (χ1n) is 10.5. The van der Waals surface area contributed by atoms with Gasteiger partial charge in [0.25, 0.3) is 0 Å². The summed E-state index contributed by atoms with van der Waals surface area (Å²) >= 11 is 0. The molecule has 0 saturated heterocycles. The van der Waals surface area contributed by atoms with Gasteiger partial charge in [0.15, 0.2) is 0 Å². The Morgan fingerprint density at radius 3 is 0.800 bits per heavy atom. The number of hydrogen-bond donors (Lipinski definition) is 2. The van der Waals surface area contributed by atoms with E-state index in [1.807, 2.05) is 0 Å². The van der Waals surface area contributed by atoms with Crippen molar-refractivity contribution in [3.63, 3.8) is 0 Å². The quantitative estimate of drug-likeness (QED) is 0.407. The molecule has 4 rings (SSSR count). The second kappa shape index (κ2) is 9.53. The van der Waals surface area contributed by atoms with Crippen molar-refractivity contribution >= 4 is 0 Å². The molecule has 0 atom stereocenters. The van der Waals surface area contributed by atoms with Crippen LogP contribution in [0.25, 0.3) is 0 Å². The van der Waals surface area contributed by atoms with E-state index in [2.05, 4.69) is 121 Å². The smallest absolute Gasteiger partial charge is 0.0568 e. The number of nitrogens with two attached hydrogens (primary N) is 2. The first-order valence-corrected chi connectivity index (χ1v) is 10.5. The van der Waals surface area contributed by atoms with Gasteiger partial charge in [-0.15, -0.1) is 0 Å². The van der Waals surface area contributed by atoms with E-state index in [4.69, 9.17) is 11.5 Å². The summed E-state index contributed by atoms with van der Waals surface area (Å²) in [4.78, 5) is 0. The molecule has 4 aromatic rings. The minimum absolute atomic E-state index is 0.0281. The first kappa shape index (κ1) is 20.1. The van der Waals surface area contributed by atoms with E-state index in [9.17, 15) is 0 Å². The fourth-order valence-electron chi connectivity index (χ4n) is 4.55. The van der Waals surface area contributed by atoms with Gasteiger partial charge in [0.05, 0.1) is 6.17 Å². The molecule has 0 radical (unpaired) electrons. The van der Waals surface area contributed by atoms with Gasteiger partial charge in [-0.2, -0.15) is 0 Å². The van der Waals surface area contributed by atoms with Gasteiger partial charge in [0.1, 0.15) is 0 Å². The molecule has 0 aliphatic heterocycles. The fourth-order valence-corrected chi connectivity index (χ4v) is 4.55. The van der Waals surface area contributed by atoms with Crippen molar-refractivity contribution in [3.05, 3.63) is 144 Å². The average molecular weight is 393 g/mol. The normalized spacial score (nSPS) is 11.5. The minimum atomic E-state index is -0.499. The average Bonchev–Trinajstić information content (AvgIpc) is 2.81. The molecule has 0 spiro atoms. The molecule has 30 heavy (non-hydrogen) atoms. The van der Waals surface area contributed by atoms with Crippen molar-refractivity contribution in [1.82, 2.24) is 0 Å². The predicted octanol–water partition coefficient (Wildman–Crippen LogP) is 5.51. The zero-order chi connectivity index (χ0) is 20.8. The lowest BCUT2D eigenvalue weighted by Gasteiger charge is -2.37. The topological polar surface area (TPSA) is 52.0 Å². The van der Waals surface area contributed by atoms with Crippen molar-refractivity contribution in [2.45, 2.75) is 18.0 Å². The third-order valence-corrected chi connectivity index (χ3v) is 5.85. The second-order valence-corrected chi connectivity index (χ2v) is 7.75. The monoisotopic (exact) mass is 392 g/mol. The first-order chi connectivity index (χ1) is 14.8. The van der Waals surface area contributed by atoms with Gasteiger partial charge in [-0.3, -0.25) is 0 Å². The van der Waals surface area contributed by atoms with Crippen molar-refractivity contribution in [1.29, 1.82) is 0 Å². The molecule has 2 nitrogen and oxygen atoms in total. The largest absolute Gasteiger partial charge is 0.316 e. The highest BCUT2D eigenvalue weighted by Crippen LogP contribution is 2.44. The molecule has 0 amide bonds. The molecule has 0 aromatic heterocycles. The molecule has 2 heteroatoms. The molecule has 0 aliphatic carbocycles. The molecule has 150 valence electrons. The van der Waals surface area contributed by atoms with Gasteiger partial charge in [0, 0.05) is 17.8 Å². The number of hydrogen-bond acceptors (Lipinski definition) is 2. The maximum Gasteiger partial charge on any atom is 0.0568 e. The standard InChI is InChI=1S/C28H28N2/c29-28(30)27(25(21-13-5-1-6-14-21)22-15-7-2-8-16-22)26(23-17-9-3-10-18-23)24-19-11-4-12-20-24/h1-20,25-28H,29-30H2. The maximum atomic E-state index is 6.57. The molecule has 4 N–H and O–H groups in total. The number of rotatable bonds is 7. The SMILES string of the molecule is NC(N)C(C(c1ccccc1)c1ccccc1)C(c1ccccc1)c1ccccc1. The summed E-state index contributed by atoms with van der Waals surface area (Å²) in [5.41, 5.74) is 18.0. The highest BCUT2D eigenvalue weighted by atomic mass is 14.9. The lowest BCUT2D eigenvalue weighted by molar-refractivity contribution is 0.347. The molecular formula is C28H28N2. The molecule has 4 aromatic carbocycles. The molecule has 0 heterocycles. The third kappa shape index (κ3) is 4.35. The summed E-state index contributed by atoms with van der Waals surface area (Å²) in [7, 11) is 0. The Morgan fingerprint density at radius 1 is 0.367 bits per heavy atom. The van der Waals surface area contributed by atoms with E-state index in [-0.39, 0.29) is 17.8 Å². The zero-order valence-corrected chi connectivity index (χ0v) is 17.0. The lowest BCUT2D eigenvalue weighted by atomic mass is 9.68. The van der Waals surface area contributed by atoms with Crippen LogP contribution in [-0.4, -0.2) is 6.17 Å². The van der Waals surface area contributed by atoms with Crippen LogP contribution in [-0.2, 0) is 0 Å². The summed E-state index contributed by atoms with van der Waals surface area (Å²) < 4.78 is 0. The minimum Gasteiger partial charge on any atom is -0.316 e. The van der Waals surface area contributed by atoms with Crippen molar-refractivity contribution in [2.24, 2.45) is 17.4 Å². The van der Waals surface area contributed by atoms with Gasteiger partial charge in [-0.05, 0) is 22.3 Å². The van der Waals surface area contributed by atoms with Crippen LogP contribution in [0.1, 0.15) is 34.1 Å². The van der Waals surface area contributed by atoms with Crippen LogP contribution in [0.5, 0.6) is 0 Å². The summed E-state index contributed by atoms with van der Waals surface area (Å²) in [6, 6.07) is 42.3. The highest BCUT2D eigenvalue weighted by molar-refractivity contribution is 5.40. The van der Waals surface area contributed by atoms with Crippen molar-refractivity contribution in [2.75, 3.05) is 0 Å². The summed E-state index contributed by atoms with van der Waals surface area (Å²) in [5.74, 6) is 0.107. The van der Waals surface area contributed by atoms with Crippen LogP contribution in [0.3, 0.4) is 0 Å². The third-order valence-electron chi connectivity index (χ3n) is 5.85. The molecule has 0 unspecified atom stereocenters. The summed E-state index contributed by atoms with van der Waals surface area (Å²) in [6.45, 7) is 0. The van der Waals surface area contributed by atoms with Gasteiger partial charge < -0.3 is 11.5 Å². The van der Waals surface area contributed by atoms with Crippen LogP contribution < -0.4 is 11.5 Å². The van der Waals surface area contributed by atoms with E-state index < -0.39 is 6.17 Å². The van der Waals surface area contributed by atoms with Crippen molar-refractivity contribution in [3.8, 4) is 0 Å². The van der Waals surface area contributed by atoms with E-state index in [0.717, 1.165) is 0 Å². The van der Waals surface area contributed by atoms with Crippen LogP contribution in [0.2, 0.25) is 0 Å². The molecule has 0 fully saturated rings. The Kier molecular flexibility index (Phi) is 6.38. The fraction of sp³-hybridized carbons (Fsp3) is 0.143.